The van der Waals surface area contributed by atoms with Crippen molar-refractivity contribution in [2.75, 3.05) is 13.2 Å². The number of benzene rings is 1. The van der Waals surface area contributed by atoms with E-state index in [0.29, 0.717) is 25.4 Å². The predicted molar refractivity (Wildman–Crippen MR) is 81.7 cm³/mol. The summed E-state index contributed by atoms with van der Waals surface area (Å²) in [6, 6.07) is 5.39. The first-order valence-electron chi connectivity index (χ1n) is 7.16. The Bertz CT molecular complexity index is 480. The number of aromatic hydroxyl groups is 1. The van der Waals surface area contributed by atoms with Crippen LogP contribution in [0.3, 0.4) is 0 Å². The van der Waals surface area contributed by atoms with Crippen LogP contribution in [0.25, 0.3) is 0 Å². The van der Waals surface area contributed by atoms with Crippen molar-refractivity contribution in [1.82, 2.24) is 4.90 Å². The Balaban J connectivity index is 2.93. The number of carboxylic acid groups (broad SMARTS) is 1. The number of hydrogen-bond acceptors (Lipinski definition) is 4. The zero-order valence-electron chi connectivity index (χ0n) is 13.2. The minimum atomic E-state index is -0.823. The summed E-state index contributed by atoms with van der Waals surface area (Å²) in [5, 5.41) is 19.1. The van der Waals surface area contributed by atoms with Gasteiger partial charge in [-0.25, -0.2) is 0 Å². The maximum Gasteiger partial charge on any atom is 0.304 e. The molecule has 5 nitrogen and oxygen atoms in total. The fourth-order valence-electron chi connectivity index (χ4n) is 2.06. The monoisotopic (exact) mass is 295 g/mol. The summed E-state index contributed by atoms with van der Waals surface area (Å²) in [6.07, 6.45) is 0.0726. The molecule has 118 valence electrons. The molecule has 0 radical (unpaired) electrons. The van der Waals surface area contributed by atoms with E-state index in [9.17, 15) is 9.90 Å². The van der Waals surface area contributed by atoms with Crippen LogP contribution < -0.4 is 4.74 Å². The van der Waals surface area contributed by atoms with Gasteiger partial charge in [0, 0.05) is 24.2 Å². The van der Waals surface area contributed by atoms with E-state index < -0.39 is 5.97 Å². The molecule has 0 aliphatic heterocycles. The highest BCUT2D eigenvalue weighted by molar-refractivity contribution is 5.66. The number of phenolic OH excluding ortho intramolecular Hbond substituents is 1. The smallest absolute Gasteiger partial charge is 0.304 e. The summed E-state index contributed by atoms with van der Waals surface area (Å²) in [5.41, 5.74) is 0.546. The Kier molecular flexibility index (Phi) is 6.03. The van der Waals surface area contributed by atoms with E-state index in [1.165, 1.54) is 0 Å². The van der Waals surface area contributed by atoms with E-state index in [2.05, 4.69) is 0 Å². The van der Waals surface area contributed by atoms with Crippen LogP contribution in [0.4, 0.5) is 0 Å². The van der Waals surface area contributed by atoms with Gasteiger partial charge in [0.05, 0.1) is 13.0 Å². The zero-order valence-corrected chi connectivity index (χ0v) is 13.2. The third-order valence-corrected chi connectivity index (χ3v) is 3.29. The lowest BCUT2D eigenvalue weighted by Gasteiger charge is -2.35. The zero-order chi connectivity index (χ0) is 16.0. The van der Waals surface area contributed by atoms with Crippen LogP contribution in [0.1, 0.15) is 39.7 Å². The highest BCUT2D eigenvalue weighted by Gasteiger charge is 2.23. The first kappa shape index (κ1) is 17.3. The lowest BCUT2D eigenvalue weighted by atomic mass is 10.0. The van der Waals surface area contributed by atoms with Gasteiger partial charge < -0.3 is 14.9 Å². The van der Waals surface area contributed by atoms with Gasteiger partial charge in [-0.3, -0.25) is 9.69 Å². The average Bonchev–Trinajstić information content (AvgIpc) is 2.37. The Morgan fingerprint density at radius 2 is 2.00 bits per heavy atom. The van der Waals surface area contributed by atoms with Crippen LogP contribution in [0.15, 0.2) is 18.2 Å². The molecular weight excluding hydrogens is 270 g/mol. The van der Waals surface area contributed by atoms with Crippen molar-refractivity contribution in [2.45, 2.75) is 46.2 Å². The number of para-hydroxylation sites is 1. The maximum absolute atomic E-state index is 10.8. The molecule has 0 saturated heterocycles. The summed E-state index contributed by atoms with van der Waals surface area (Å²) < 4.78 is 5.38. The molecule has 2 N–H and O–H groups in total. The fourth-order valence-corrected chi connectivity index (χ4v) is 2.06. The SMILES string of the molecule is CCOc1cccc(CN(CCC(=O)O)C(C)(C)C)c1O. The summed E-state index contributed by atoms with van der Waals surface area (Å²) in [6.45, 7) is 9.33. The van der Waals surface area contributed by atoms with Crippen LogP contribution in [-0.2, 0) is 11.3 Å². The Morgan fingerprint density at radius 1 is 1.33 bits per heavy atom. The van der Waals surface area contributed by atoms with Gasteiger partial charge in [0.25, 0.3) is 0 Å². The quantitative estimate of drug-likeness (QED) is 0.809. The molecule has 0 spiro atoms. The van der Waals surface area contributed by atoms with Crippen molar-refractivity contribution in [2.24, 2.45) is 0 Å². The maximum atomic E-state index is 10.8. The van der Waals surface area contributed by atoms with Gasteiger partial charge in [-0.15, -0.1) is 0 Å². The standard InChI is InChI=1S/C16H25NO4/c1-5-21-13-8-6-7-12(15(13)20)11-17(16(2,3)4)10-9-14(18)19/h6-8,20H,5,9-11H2,1-4H3,(H,18,19). The second-order valence-corrected chi connectivity index (χ2v) is 5.93. The predicted octanol–water partition coefficient (Wildman–Crippen LogP) is 2.87. The van der Waals surface area contributed by atoms with E-state index in [0.717, 1.165) is 5.56 Å². The van der Waals surface area contributed by atoms with Crippen LogP contribution >= 0.6 is 0 Å². The molecule has 1 aromatic rings. The Morgan fingerprint density at radius 3 is 2.52 bits per heavy atom. The van der Waals surface area contributed by atoms with Gasteiger partial charge in [0.2, 0.25) is 0 Å². The minimum absolute atomic E-state index is 0.0726. The Hall–Kier alpha value is -1.75. The molecule has 5 heteroatoms. The van der Waals surface area contributed by atoms with Crippen molar-refractivity contribution < 1.29 is 19.7 Å². The highest BCUT2D eigenvalue weighted by atomic mass is 16.5. The number of phenols is 1. The van der Waals surface area contributed by atoms with Gasteiger partial charge in [0.1, 0.15) is 0 Å². The highest BCUT2D eigenvalue weighted by Crippen LogP contribution is 2.32. The second-order valence-electron chi connectivity index (χ2n) is 5.93. The molecule has 0 bridgehead atoms. The molecule has 0 aromatic heterocycles. The van der Waals surface area contributed by atoms with Gasteiger partial charge in [-0.2, -0.15) is 0 Å². The number of carbonyl (C=O) groups is 1. The molecule has 0 saturated carbocycles. The van der Waals surface area contributed by atoms with Gasteiger partial charge in [-0.1, -0.05) is 12.1 Å². The van der Waals surface area contributed by atoms with Gasteiger partial charge in [-0.05, 0) is 33.8 Å². The molecule has 0 atom stereocenters. The summed E-state index contributed by atoms with van der Waals surface area (Å²) in [7, 11) is 0. The molecule has 1 aromatic carbocycles. The first-order chi connectivity index (χ1) is 9.75. The molecule has 1 rings (SSSR count). The molecule has 0 aliphatic rings. The number of ether oxygens (including phenoxy) is 1. The van der Waals surface area contributed by atoms with Crippen molar-refractivity contribution in [3.63, 3.8) is 0 Å². The molecule has 21 heavy (non-hydrogen) atoms. The number of carboxylic acids is 1. The average molecular weight is 295 g/mol. The molecule has 0 heterocycles. The minimum Gasteiger partial charge on any atom is -0.504 e. The summed E-state index contributed by atoms with van der Waals surface area (Å²) in [5.74, 6) is -0.234. The molecular formula is C16H25NO4. The number of nitrogens with zero attached hydrogens (tertiary/aromatic N) is 1. The van der Waals surface area contributed by atoms with E-state index in [1.54, 1.807) is 6.07 Å². The van der Waals surface area contributed by atoms with Crippen molar-refractivity contribution in [3.05, 3.63) is 23.8 Å². The molecule has 0 fully saturated rings. The third kappa shape index (κ3) is 5.27. The topological polar surface area (TPSA) is 70.0 Å². The fraction of sp³-hybridized carbons (Fsp3) is 0.562. The second kappa shape index (κ2) is 7.31. The summed E-state index contributed by atoms with van der Waals surface area (Å²) >= 11 is 0. The third-order valence-electron chi connectivity index (χ3n) is 3.29. The van der Waals surface area contributed by atoms with Crippen molar-refractivity contribution >= 4 is 5.97 Å². The van der Waals surface area contributed by atoms with E-state index >= 15 is 0 Å². The van der Waals surface area contributed by atoms with Crippen LogP contribution in [0.2, 0.25) is 0 Å². The molecule has 0 unspecified atom stereocenters. The lowest BCUT2D eigenvalue weighted by Crippen LogP contribution is -2.42. The largest absolute Gasteiger partial charge is 0.504 e. The van der Waals surface area contributed by atoms with Crippen molar-refractivity contribution in [1.29, 1.82) is 0 Å². The molecule has 0 amide bonds. The number of aliphatic carboxylic acids is 1. The first-order valence-corrected chi connectivity index (χ1v) is 7.16. The van der Waals surface area contributed by atoms with Gasteiger partial charge >= 0.3 is 5.97 Å². The van der Waals surface area contributed by atoms with E-state index in [1.807, 2.05) is 44.7 Å². The normalized spacial score (nSPS) is 11.7. The van der Waals surface area contributed by atoms with Crippen LogP contribution in [-0.4, -0.2) is 39.8 Å². The van der Waals surface area contributed by atoms with Crippen LogP contribution in [0.5, 0.6) is 11.5 Å². The number of hydrogen-bond donors (Lipinski definition) is 2. The van der Waals surface area contributed by atoms with Gasteiger partial charge in [0.15, 0.2) is 11.5 Å². The van der Waals surface area contributed by atoms with Crippen LogP contribution in [0, 0.1) is 0 Å². The number of rotatable bonds is 7. The van der Waals surface area contributed by atoms with E-state index in [4.69, 9.17) is 9.84 Å². The van der Waals surface area contributed by atoms with Crippen molar-refractivity contribution in [3.8, 4) is 11.5 Å². The summed E-state index contributed by atoms with van der Waals surface area (Å²) in [4.78, 5) is 12.8. The Labute approximate surface area is 126 Å². The van der Waals surface area contributed by atoms with E-state index in [-0.39, 0.29) is 17.7 Å². The lowest BCUT2D eigenvalue weighted by molar-refractivity contribution is -0.137. The molecule has 0 aliphatic carbocycles.